The number of piperidine rings is 1. The van der Waals surface area contributed by atoms with Gasteiger partial charge in [-0.15, -0.1) is 24.0 Å². The van der Waals surface area contributed by atoms with Crippen molar-refractivity contribution in [2.75, 3.05) is 46.8 Å². The van der Waals surface area contributed by atoms with E-state index in [1.165, 1.54) is 19.3 Å². The topological polar surface area (TPSA) is 77.0 Å². The van der Waals surface area contributed by atoms with Crippen molar-refractivity contribution >= 4 is 40.0 Å². The molecular formula is C18H37F3IN5O2S. The number of guanidine groups is 1. The van der Waals surface area contributed by atoms with Gasteiger partial charge in [0.05, 0.1) is 0 Å². The van der Waals surface area contributed by atoms with Crippen LogP contribution in [0.3, 0.4) is 0 Å². The zero-order valence-corrected chi connectivity index (χ0v) is 21.3. The minimum atomic E-state index is -5.24. The molecule has 12 heteroatoms. The molecule has 0 aromatic heterocycles. The molecule has 0 amide bonds. The largest absolute Gasteiger partial charge is 0.511 e. The Labute approximate surface area is 196 Å². The number of rotatable bonds is 11. The van der Waals surface area contributed by atoms with Crippen LogP contribution >= 0.6 is 24.0 Å². The average Bonchev–Trinajstić information content (AvgIpc) is 2.63. The lowest BCUT2D eigenvalue weighted by atomic mass is 10.1. The number of hydrogen-bond acceptors (Lipinski definition) is 4. The standard InChI is InChI=1S/C18H36F3N5O2S.HI/c1-4-22-17(23-12-8-6-5-7-9-13-25(2)3)24-16-10-14-26(15-11-16)29(27,28)18(19,20)21;/h16H,4-15H2,1-3H3,(H2,22,23,24);1H. The molecule has 0 atom stereocenters. The van der Waals surface area contributed by atoms with Crippen molar-refractivity contribution in [3.8, 4) is 0 Å². The van der Waals surface area contributed by atoms with Crippen LogP contribution in [0.1, 0.15) is 51.9 Å². The summed E-state index contributed by atoms with van der Waals surface area (Å²) in [5, 5.41) is 6.36. The minimum Gasteiger partial charge on any atom is -0.357 e. The molecule has 7 nitrogen and oxygen atoms in total. The van der Waals surface area contributed by atoms with E-state index in [0.29, 0.717) is 36.2 Å². The van der Waals surface area contributed by atoms with Crippen molar-refractivity contribution in [1.82, 2.24) is 19.8 Å². The van der Waals surface area contributed by atoms with Gasteiger partial charge in [-0.05, 0) is 53.2 Å². The van der Waals surface area contributed by atoms with E-state index in [9.17, 15) is 21.6 Å². The Morgan fingerprint density at radius 3 is 2.20 bits per heavy atom. The van der Waals surface area contributed by atoms with Gasteiger partial charge in [0.2, 0.25) is 0 Å². The smallest absolute Gasteiger partial charge is 0.357 e. The van der Waals surface area contributed by atoms with Crippen LogP contribution in [-0.4, -0.2) is 82.0 Å². The van der Waals surface area contributed by atoms with Crippen LogP contribution in [0.4, 0.5) is 13.2 Å². The van der Waals surface area contributed by atoms with Gasteiger partial charge in [-0.1, -0.05) is 19.3 Å². The van der Waals surface area contributed by atoms with Gasteiger partial charge < -0.3 is 15.5 Å². The molecule has 30 heavy (non-hydrogen) atoms. The second kappa shape index (κ2) is 14.7. The van der Waals surface area contributed by atoms with Crippen molar-refractivity contribution in [3.05, 3.63) is 0 Å². The summed E-state index contributed by atoms with van der Waals surface area (Å²) in [5.74, 6) is 0.636. The highest BCUT2D eigenvalue weighted by Gasteiger charge is 2.50. The average molecular weight is 571 g/mol. The summed E-state index contributed by atoms with van der Waals surface area (Å²) >= 11 is 0. The highest BCUT2D eigenvalue weighted by Crippen LogP contribution is 2.28. The number of nitrogens with one attached hydrogen (secondary N) is 2. The molecule has 0 aromatic rings. The molecule has 1 aliphatic rings. The number of hydrogen-bond donors (Lipinski definition) is 2. The highest BCUT2D eigenvalue weighted by atomic mass is 127. The number of alkyl halides is 3. The van der Waals surface area contributed by atoms with Crippen LogP contribution in [0.2, 0.25) is 0 Å². The van der Waals surface area contributed by atoms with E-state index in [2.05, 4.69) is 34.6 Å². The number of halogens is 4. The normalized spacial score (nSPS) is 17.1. The molecule has 0 saturated carbocycles. The van der Waals surface area contributed by atoms with E-state index >= 15 is 0 Å². The van der Waals surface area contributed by atoms with E-state index in [1.54, 1.807) is 0 Å². The first-order valence-electron chi connectivity index (χ1n) is 10.3. The minimum absolute atomic E-state index is 0. The maximum Gasteiger partial charge on any atom is 0.511 e. The Bertz CT molecular complexity index is 595. The third kappa shape index (κ3) is 10.8. The Morgan fingerprint density at radius 1 is 1.10 bits per heavy atom. The Balaban J connectivity index is 0.00000841. The Morgan fingerprint density at radius 2 is 1.67 bits per heavy atom. The predicted octanol–water partition coefficient (Wildman–Crippen LogP) is 2.99. The SMILES string of the molecule is CCNC(=NCCCCCCCN(C)C)NC1CCN(S(=O)(=O)C(F)(F)F)CC1.I. The third-order valence-electron chi connectivity index (χ3n) is 4.80. The third-order valence-corrected chi connectivity index (χ3v) is 6.43. The summed E-state index contributed by atoms with van der Waals surface area (Å²) in [6.45, 7) is 4.12. The fourth-order valence-corrected chi connectivity index (χ4v) is 4.15. The van der Waals surface area contributed by atoms with Crippen LogP contribution in [0.15, 0.2) is 4.99 Å². The Kier molecular flexibility index (Phi) is 14.5. The van der Waals surface area contributed by atoms with Crippen molar-refractivity contribution in [2.45, 2.75) is 63.4 Å². The lowest BCUT2D eigenvalue weighted by molar-refractivity contribution is -0.0494. The van der Waals surface area contributed by atoms with Crippen LogP contribution < -0.4 is 10.6 Å². The Hall–Kier alpha value is -0.340. The summed E-state index contributed by atoms with van der Waals surface area (Å²) in [5.41, 5.74) is -5.24. The molecule has 180 valence electrons. The van der Waals surface area contributed by atoms with E-state index < -0.39 is 15.5 Å². The van der Waals surface area contributed by atoms with Crippen molar-refractivity contribution in [1.29, 1.82) is 0 Å². The molecule has 0 radical (unpaired) electrons. The van der Waals surface area contributed by atoms with E-state index in [1.807, 2.05) is 6.92 Å². The maximum atomic E-state index is 12.7. The van der Waals surface area contributed by atoms with Crippen molar-refractivity contribution in [3.63, 3.8) is 0 Å². The van der Waals surface area contributed by atoms with Gasteiger partial charge in [-0.3, -0.25) is 4.99 Å². The number of sulfonamides is 1. The molecule has 1 rings (SSSR count). The zero-order valence-electron chi connectivity index (χ0n) is 18.2. The molecule has 1 saturated heterocycles. The first-order valence-corrected chi connectivity index (χ1v) is 11.8. The number of unbranched alkanes of at least 4 members (excludes halogenated alkanes) is 4. The van der Waals surface area contributed by atoms with Crippen LogP contribution in [0, 0.1) is 0 Å². The van der Waals surface area contributed by atoms with Gasteiger partial charge in [-0.25, -0.2) is 8.42 Å². The maximum absolute atomic E-state index is 12.7. The van der Waals surface area contributed by atoms with E-state index in [0.717, 1.165) is 19.4 Å². The van der Waals surface area contributed by atoms with Crippen molar-refractivity contribution in [2.24, 2.45) is 4.99 Å². The fourth-order valence-electron chi connectivity index (χ4n) is 3.16. The monoisotopic (exact) mass is 571 g/mol. The predicted molar refractivity (Wildman–Crippen MR) is 126 cm³/mol. The van der Waals surface area contributed by atoms with Gasteiger partial charge in [0, 0.05) is 32.2 Å². The van der Waals surface area contributed by atoms with Gasteiger partial charge in [0.15, 0.2) is 5.96 Å². The molecule has 0 aromatic carbocycles. The second-order valence-electron chi connectivity index (χ2n) is 7.60. The van der Waals surface area contributed by atoms with Gasteiger partial charge in [0.1, 0.15) is 0 Å². The first-order chi connectivity index (χ1) is 13.6. The number of aliphatic imine (C=N–C) groups is 1. The highest BCUT2D eigenvalue weighted by molar-refractivity contribution is 14.0. The molecule has 0 spiro atoms. The zero-order chi connectivity index (χ0) is 21.9. The van der Waals surface area contributed by atoms with Gasteiger partial charge in [0.25, 0.3) is 0 Å². The molecule has 2 N–H and O–H groups in total. The van der Waals surface area contributed by atoms with E-state index in [4.69, 9.17) is 0 Å². The molecule has 0 bridgehead atoms. The lowest BCUT2D eigenvalue weighted by Gasteiger charge is -2.32. The molecule has 0 unspecified atom stereocenters. The lowest BCUT2D eigenvalue weighted by Crippen LogP contribution is -2.51. The molecular weight excluding hydrogens is 534 g/mol. The molecule has 0 aliphatic carbocycles. The van der Waals surface area contributed by atoms with Gasteiger partial charge in [-0.2, -0.15) is 17.5 Å². The summed E-state index contributed by atoms with van der Waals surface area (Å²) in [6, 6.07) is -0.0986. The fraction of sp³-hybridized carbons (Fsp3) is 0.944. The first kappa shape index (κ1) is 29.7. The van der Waals surface area contributed by atoms with E-state index in [-0.39, 0.29) is 43.1 Å². The van der Waals surface area contributed by atoms with Crippen LogP contribution in [0.25, 0.3) is 0 Å². The molecule has 1 fully saturated rings. The summed E-state index contributed by atoms with van der Waals surface area (Å²) in [4.78, 5) is 6.72. The summed E-state index contributed by atoms with van der Waals surface area (Å²) < 4.78 is 61.5. The quantitative estimate of drug-likeness (QED) is 0.173. The summed E-state index contributed by atoms with van der Waals surface area (Å²) in [7, 11) is -1.09. The van der Waals surface area contributed by atoms with Gasteiger partial charge >= 0.3 is 15.5 Å². The molecule has 1 aliphatic heterocycles. The number of nitrogens with zero attached hydrogens (tertiary/aromatic N) is 3. The summed E-state index contributed by atoms with van der Waals surface area (Å²) in [6.07, 6.45) is 6.31. The van der Waals surface area contributed by atoms with Crippen LogP contribution in [-0.2, 0) is 10.0 Å². The molecule has 1 heterocycles. The van der Waals surface area contributed by atoms with Crippen LogP contribution in [0.5, 0.6) is 0 Å². The van der Waals surface area contributed by atoms with Crippen molar-refractivity contribution < 1.29 is 21.6 Å². The second-order valence-corrected chi connectivity index (χ2v) is 9.53.